The van der Waals surface area contributed by atoms with Crippen molar-refractivity contribution in [3.63, 3.8) is 0 Å². The molecule has 0 aromatic carbocycles. The number of esters is 1. The zero-order chi connectivity index (χ0) is 17.0. The molecule has 6 heteroatoms. The Morgan fingerprint density at radius 2 is 1.91 bits per heavy atom. The van der Waals surface area contributed by atoms with Crippen molar-refractivity contribution in [3.8, 4) is 0 Å². The second kappa shape index (κ2) is 7.93. The molecule has 0 bridgehead atoms. The topological polar surface area (TPSA) is 58.6 Å². The van der Waals surface area contributed by atoms with Gasteiger partial charge in [0.1, 0.15) is 5.00 Å². The molecule has 0 radical (unpaired) electrons. The maximum Gasteiger partial charge on any atom is 0.341 e. The van der Waals surface area contributed by atoms with Crippen molar-refractivity contribution < 1.29 is 14.3 Å². The minimum absolute atomic E-state index is 0.0792. The van der Waals surface area contributed by atoms with Gasteiger partial charge in [0.05, 0.1) is 19.2 Å². The number of nitrogens with one attached hydrogen (secondary N) is 1. The number of hydrogen-bond donors (Lipinski definition) is 1. The van der Waals surface area contributed by atoms with Gasteiger partial charge in [-0.05, 0) is 39.3 Å². The van der Waals surface area contributed by atoms with E-state index in [1.807, 2.05) is 20.9 Å². The number of likely N-dealkylation sites (N-methyl/N-ethyl adjacent to an activating group) is 1. The molecule has 1 fully saturated rings. The van der Waals surface area contributed by atoms with Crippen LogP contribution in [0.4, 0.5) is 5.00 Å². The van der Waals surface area contributed by atoms with E-state index in [2.05, 4.69) is 10.2 Å². The SMILES string of the molecule is COC(=O)c1c(NC(=O)CN(C)C2CCCCC2)sc(C)c1C. The minimum Gasteiger partial charge on any atom is -0.465 e. The van der Waals surface area contributed by atoms with Crippen LogP contribution in [0.15, 0.2) is 0 Å². The third-order valence-corrected chi connectivity index (χ3v) is 5.74. The van der Waals surface area contributed by atoms with Crippen molar-refractivity contribution >= 4 is 28.2 Å². The highest BCUT2D eigenvalue weighted by Crippen LogP contribution is 2.33. The summed E-state index contributed by atoms with van der Waals surface area (Å²) in [5, 5.41) is 3.49. The molecule has 23 heavy (non-hydrogen) atoms. The standard InChI is InChI=1S/C17H26N2O3S/c1-11-12(2)23-16(15(11)17(21)22-4)18-14(20)10-19(3)13-8-6-5-7-9-13/h13H,5-10H2,1-4H3,(H,18,20). The second-order valence-corrected chi connectivity index (χ2v) is 7.46. The summed E-state index contributed by atoms with van der Waals surface area (Å²) < 4.78 is 4.83. The molecular formula is C17H26N2O3S. The van der Waals surface area contributed by atoms with Crippen LogP contribution in [-0.4, -0.2) is 43.5 Å². The predicted octanol–water partition coefficient (Wildman–Crippen LogP) is 3.35. The maximum atomic E-state index is 12.4. The fraction of sp³-hybridized carbons (Fsp3) is 0.647. The fourth-order valence-electron chi connectivity index (χ4n) is 3.11. The van der Waals surface area contributed by atoms with Crippen molar-refractivity contribution in [3.05, 3.63) is 16.0 Å². The molecule has 0 atom stereocenters. The van der Waals surface area contributed by atoms with E-state index >= 15 is 0 Å². The van der Waals surface area contributed by atoms with Crippen LogP contribution in [0.5, 0.6) is 0 Å². The number of carbonyl (C=O) groups excluding carboxylic acids is 2. The Kier molecular flexibility index (Phi) is 6.18. The zero-order valence-electron chi connectivity index (χ0n) is 14.4. The highest BCUT2D eigenvalue weighted by molar-refractivity contribution is 7.16. The molecule has 2 rings (SSSR count). The molecule has 0 spiro atoms. The van der Waals surface area contributed by atoms with Crippen molar-refractivity contribution in [1.82, 2.24) is 4.90 Å². The number of rotatable bonds is 5. The number of ether oxygens (including phenoxy) is 1. The van der Waals surface area contributed by atoms with Crippen LogP contribution in [0.25, 0.3) is 0 Å². The smallest absolute Gasteiger partial charge is 0.341 e. The van der Waals surface area contributed by atoms with E-state index in [-0.39, 0.29) is 5.91 Å². The Morgan fingerprint density at radius 3 is 2.52 bits per heavy atom. The predicted molar refractivity (Wildman–Crippen MR) is 93.3 cm³/mol. The molecule has 1 aliphatic rings. The van der Waals surface area contributed by atoms with E-state index in [1.165, 1.54) is 37.7 Å². The van der Waals surface area contributed by atoms with Crippen LogP contribution >= 0.6 is 11.3 Å². The Bertz CT molecular complexity index is 577. The summed E-state index contributed by atoms with van der Waals surface area (Å²) in [6.45, 7) is 4.17. The first-order valence-corrected chi connectivity index (χ1v) is 8.94. The van der Waals surface area contributed by atoms with Gasteiger partial charge in [-0.1, -0.05) is 19.3 Å². The van der Waals surface area contributed by atoms with Crippen molar-refractivity contribution in [2.75, 3.05) is 26.0 Å². The lowest BCUT2D eigenvalue weighted by molar-refractivity contribution is -0.117. The van der Waals surface area contributed by atoms with Crippen LogP contribution in [-0.2, 0) is 9.53 Å². The first kappa shape index (κ1) is 17.9. The Hall–Kier alpha value is -1.40. The highest BCUT2D eigenvalue weighted by Gasteiger charge is 2.23. The summed E-state index contributed by atoms with van der Waals surface area (Å²) in [5.41, 5.74) is 1.35. The monoisotopic (exact) mass is 338 g/mol. The third-order valence-electron chi connectivity index (χ3n) is 4.62. The number of aryl methyl sites for hydroxylation is 1. The molecule has 1 aromatic heterocycles. The average molecular weight is 338 g/mol. The summed E-state index contributed by atoms with van der Waals surface area (Å²) >= 11 is 1.42. The maximum absolute atomic E-state index is 12.4. The van der Waals surface area contributed by atoms with Crippen LogP contribution in [0.3, 0.4) is 0 Å². The Balaban J connectivity index is 2.02. The van der Waals surface area contributed by atoms with Crippen LogP contribution in [0.2, 0.25) is 0 Å². The van der Waals surface area contributed by atoms with Crippen molar-refractivity contribution in [1.29, 1.82) is 0 Å². The molecule has 1 heterocycles. The highest BCUT2D eigenvalue weighted by atomic mass is 32.1. The number of nitrogens with zero attached hydrogens (tertiary/aromatic N) is 1. The summed E-state index contributed by atoms with van der Waals surface area (Å²) in [5.74, 6) is -0.479. The van der Waals surface area contributed by atoms with Gasteiger partial charge in [-0.3, -0.25) is 9.69 Å². The number of anilines is 1. The van der Waals surface area contributed by atoms with E-state index in [0.29, 0.717) is 23.2 Å². The summed E-state index contributed by atoms with van der Waals surface area (Å²) in [4.78, 5) is 27.4. The van der Waals surface area contributed by atoms with Gasteiger partial charge in [0.15, 0.2) is 0 Å². The van der Waals surface area contributed by atoms with E-state index in [1.54, 1.807) is 0 Å². The minimum atomic E-state index is -0.400. The van der Waals surface area contributed by atoms with E-state index in [9.17, 15) is 9.59 Å². The van der Waals surface area contributed by atoms with Crippen molar-refractivity contribution in [2.24, 2.45) is 0 Å². The number of thiophene rings is 1. The summed E-state index contributed by atoms with van der Waals surface area (Å²) in [6, 6.07) is 0.487. The molecule has 1 amide bonds. The van der Waals surface area contributed by atoms with Crippen LogP contribution < -0.4 is 5.32 Å². The Labute approximate surface area is 142 Å². The molecule has 1 aromatic rings. The fourth-order valence-corrected chi connectivity index (χ4v) is 4.17. The lowest BCUT2D eigenvalue weighted by Crippen LogP contribution is -2.39. The largest absolute Gasteiger partial charge is 0.465 e. The molecule has 0 aliphatic heterocycles. The molecule has 5 nitrogen and oxygen atoms in total. The van der Waals surface area contributed by atoms with Gasteiger partial charge in [-0.2, -0.15) is 0 Å². The molecule has 128 valence electrons. The molecule has 1 saturated carbocycles. The van der Waals surface area contributed by atoms with Gasteiger partial charge in [-0.25, -0.2) is 4.79 Å². The van der Waals surface area contributed by atoms with Gasteiger partial charge >= 0.3 is 5.97 Å². The second-order valence-electron chi connectivity index (χ2n) is 6.23. The summed E-state index contributed by atoms with van der Waals surface area (Å²) in [7, 11) is 3.36. The first-order valence-electron chi connectivity index (χ1n) is 8.12. The number of hydrogen-bond acceptors (Lipinski definition) is 5. The van der Waals surface area contributed by atoms with E-state index in [4.69, 9.17) is 4.74 Å². The quantitative estimate of drug-likeness (QED) is 0.837. The number of methoxy groups -OCH3 is 1. The third kappa shape index (κ3) is 4.32. The van der Waals surface area contributed by atoms with E-state index < -0.39 is 5.97 Å². The molecule has 0 unspecified atom stereocenters. The molecule has 1 aliphatic carbocycles. The van der Waals surface area contributed by atoms with Crippen LogP contribution in [0, 0.1) is 13.8 Å². The first-order chi connectivity index (χ1) is 10.9. The van der Waals surface area contributed by atoms with Gasteiger partial charge < -0.3 is 10.1 Å². The van der Waals surface area contributed by atoms with Crippen molar-refractivity contribution in [2.45, 2.75) is 52.0 Å². The van der Waals surface area contributed by atoms with Gasteiger partial charge in [0.2, 0.25) is 5.91 Å². The number of carbonyl (C=O) groups is 2. The number of amides is 1. The zero-order valence-corrected chi connectivity index (χ0v) is 15.2. The molecule has 1 N–H and O–H groups in total. The summed E-state index contributed by atoms with van der Waals surface area (Å²) in [6.07, 6.45) is 6.11. The van der Waals surface area contributed by atoms with Crippen LogP contribution in [0.1, 0.15) is 52.9 Å². The normalized spacial score (nSPS) is 15.7. The Morgan fingerprint density at radius 1 is 1.26 bits per heavy atom. The lowest BCUT2D eigenvalue weighted by atomic mass is 9.94. The average Bonchev–Trinajstić information content (AvgIpc) is 2.81. The van der Waals surface area contributed by atoms with Gasteiger partial charge in [0.25, 0.3) is 0 Å². The van der Waals surface area contributed by atoms with Gasteiger partial charge in [-0.15, -0.1) is 11.3 Å². The lowest BCUT2D eigenvalue weighted by Gasteiger charge is -2.30. The van der Waals surface area contributed by atoms with Gasteiger partial charge in [0, 0.05) is 10.9 Å². The van der Waals surface area contributed by atoms with E-state index in [0.717, 1.165) is 23.3 Å². The molecular weight excluding hydrogens is 312 g/mol. The molecule has 0 saturated heterocycles.